The van der Waals surface area contributed by atoms with E-state index in [-0.39, 0.29) is 48.3 Å². The fourth-order valence-electron chi connectivity index (χ4n) is 2.23. The number of rotatable bonds is 5. The molecule has 0 fully saturated rings. The van der Waals surface area contributed by atoms with Crippen LogP contribution in [0.15, 0.2) is 45.8 Å². The summed E-state index contributed by atoms with van der Waals surface area (Å²) in [4.78, 5) is 20.3. The molecule has 0 aliphatic rings. The first-order chi connectivity index (χ1) is 12.3. The zero-order valence-electron chi connectivity index (χ0n) is 15.0. The molecule has 0 radical (unpaired) electrons. The van der Waals surface area contributed by atoms with Crippen LogP contribution in [-0.2, 0) is 4.79 Å². The second-order valence-electron chi connectivity index (χ2n) is 5.14. The molecule has 3 rings (SSSR count). The van der Waals surface area contributed by atoms with Gasteiger partial charge in [-0.05, 0) is 36.4 Å². The number of oxazole rings is 1. The van der Waals surface area contributed by atoms with Crippen LogP contribution in [0.3, 0.4) is 0 Å². The van der Waals surface area contributed by atoms with E-state index >= 15 is 0 Å². The van der Waals surface area contributed by atoms with Gasteiger partial charge in [-0.3, -0.25) is 0 Å². The van der Waals surface area contributed by atoms with Crippen molar-refractivity contribution >= 4 is 34.9 Å². The molecule has 0 bridgehead atoms. The first kappa shape index (κ1) is 21.4. The number of carboxylic acid groups (broad SMARTS) is 1. The Balaban J connectivity index is 0.00000196. The number of nitrogens with two attached hydrogens (primary N) is 2. The van der Waals surface area contributed by atoms with Crippen LogP contribution in [0.1, 0.15) is 13.2 Å². The molecule has 7 nitrogen and oxygen atoms in total. The van der Waals surface area contributed by atoms with Crippen LogP contribution in [0.2, 0.25) is 4.34 Å². The number of hydrogen-bond acceptors (Lipinski definition) is 5. The van der Waals surface area contributed by atoms with Gasteiger partial charge in [0.2, 0.25) is 11.9 Å². The number of carboxylic acids is 1. The van der Waals surface area contributed by atoms with E-state index in [0.29, 0.717) is 14.8 Å². The number of carbonyl (C=O) groups is 1. The van der Waals surface area contributed by atoms with Crippen LogP contribution in [-0.4, -0.2) is 22.0 Å². The van der Waals surface area contributed by atoms with Crippen LogP contribution in [0, 0.1) is 5.82 Å². The third-order valence-electron chi connectivity index (χ3n) is 3.31. The average Bonchev–Trinajstić information content (AvgIpc) is 3.19. The maximum atomic E-state index is 13.1. The van der Waals surface area contributed by atoms with E-state index in [0.717, 1.165) is 0 Å². The molecular weight excluding hydrogens is 406 g/mol. The molecule has 3 aromatic rings. The number of guanidine groups is 1. The van der Waals surface area contributed by atoms with E-state index in [9.17, 15) is 14.3 Å². The van der Waals surface area contributed by atoms with E-state index in [1.54, 1.807) is 12.1 Å². The van der Waals surface area contributed by atoms with Crippen LogP contribution < -0.4 is 41.0 Å². The molecule has 0 amide bonds. The predicted octanol–water partition coefficient (Wildman–Crippen LogP) is 0.378. The summed E-state index contributed by atoms with van der Waals surface area (Å²) in [5.74, 6) is -2.09. The third kappa shape index (κ3) is 4.88. The number of benzene rings is 1. The number of aliphatic imine (C=N–C) groups is 1. The van der Waals surface area contributed by atoms with E-state index < -0.39 is 23.8 Å². The van der Waals surface area contributed by atoms with Crippen molar-refractivity contribution in [3.05, 3.63) is 52.3 Å². The molecule has 1 atom stereocenters. The minimum absolute atomic E-state index is 0. The van der Waals surface area contributed by atoms with Gasteiger partial charge in [0.1, 0.15) is 11.5 Å². The first-order valence-corrected chi connectivity index (χ1v) is 8.38. The molecule has 136 valence electrons. The number of thiophene rings is 1. The Kier molecular flexibility index (Phi) is 7.01. The zero-order chi connectivity index (χ0) is 18.8. The maximum absolute atomic E-state index is 13.1. The summed E-state index contributed by atoms with van der Waals surface area (Å²) in [5.41, 5.74) is 11.4. The molecule has 0 saturated carbocycles. The summed E-state index contributed by atoms with van der Waals surface area (Å²) < 4.78 is 19.3. The molecule has 0 aliphatic heterocycles. The van der Waals surface area contributed by atoms with E-state index in [2.05, 4.69) is 9.98 Å². The Bertz CT molecular complexity index is 992. The molecule has 0 spiro atoms. The van der Waals surface area contributed by atoms with Gasteiger partial charge in [-0.15, -0.1) is 11.3 Å². The van der Waals surface area contributed by atoms with Crippen molar-refractivity contribution in [2.24, 2.45) is 16.5 Å². The number of hydrogen-bond donors (Lipinski definition) is 3. The number of aromatic nitrogens is 1. The summed E-state index contributed by atoms with van der Waals surface area (Å²) in [5, 5.41) is 9.49. The normalized spacial score (nSPS) is 11.5. The number of nitrogens with zero attached hydrogens (tertiary/aromatic N) is 2. The van der Waals surface area contributed by atoms with Crippen molar-refractivity contribution in [1.29, 1.82) is 0 Å². The van der Waals surface area contributed by atoms with Gasteiger partial charge in [0.15, 0.2) is 11.7 Å². The average molecular weight is 419 g/mol. The SMILES string of the molecule is NC(N)=NC(C(=O)O)c1oc(-c2ccc(F)cc2)nc1-c1ccc(Cl)s1.[H-].[Na+]. The van der Waals surface area contributed by atoms with Gasteiger partial charge < -0.3 is 22.4 Å². The Morgan fingerprint density at radius 2 is 1.96 bits per heavy atom. The Hall–Kier alpha value is -1.91. The molecule has 5 N–H and O–H groups in total. The molecule has 0 aliphatic carbocycles. The molecule has 0 saturated heterocycles. The van der Waals surface area contributed by atoms with E-state index in [1.165, 1.54) is 35.6 Å². The van der Waals surface area contributed by atoms with Crippen LogP contribution in [0.5, 0.6) is 0 Å². The van der Waals surface area contributed by atoms with Gasteiger partial charge in [0.05, 0.1) is 9.21 Å². The smallest absolute Gasteiger partial charge is 1.00 e. The van der Waals surface area contributed by atoms with Crippen molar-refractivity contribution in [3.63, 3.8) is 0 Å². The van der Waals surface area contributed by atoms with Gasteiger partial charge in [-0.2, -0.15) is 0 Å². The summed E-state index contributed by atoms with van der Waals surface area (Å²) in [6.07, 6.45) is 0. The van der Waals surface area contributed by atoms with Gasteiger partial charge in [0.25, 0.3) is 0 Å². The van der Waals surface area contributed by atoms with Crippen molar-refractivity contribution in [2.75, 3.05) is 0 Å². The Morgan fingerprint density at radius 3 is 2.48 bits per heavy atom. The fraction of sp³-hybridized carbons (Fsp3) is 0.0625. The quantitative estimate of drug-likeness (QED) is 0.312. The molecule has 2 aromatic heterocycles. The second-order valence-corrected chi connectivity index (χ2v) is 6.85. The zero-order valence-corrected chi connectivity index (χ0v) is 17.6. The molecule has 2 heterocycles. The van der Waals surface area contributed by atoms with Gasteiger partial charge >= 0.3 is 35.5 Å². The van der Waals surface area contributed by atoms with Crippen molar-refractivity contribution in [1.82, 2.24) is 4.98 Å². The summed E-state index contributed by atoms with van der Waals surface area (Å²) in [6.45, 7) is 0. The third-order valence-corrected chi connectivity index (χ3v) is 4.55. The summed E-state index contributed by atoms with van der Waals surface area (Å²) in [6, 6.07) is 7.25. The van der Waals surface area contributed by atoms with E-state index in [4.69, 9.17) is 27.5 Å². The summed E-state index contributed by atoms with van der Waals surface area (Å²) in [7, 11) is 0. The second kappa shape index (κ2) is 8.85. The van der Waals surface area contributed by atoms with Crippen LogP contribution >= 0.6 is 22.9 Å². The van der Waals surface area contributed by atoms with Crippen molar-refractivity contribution in [3.8, 4) is 22.0 Å². The van der Waals surface area contributed by atoms with Crippen LogP contribution in [0.25, 0.3) is 22.0 Å². The number of aliphatic carboxylic acids is 1. The van der Waals surface area contributed by atoms with Gasteiger partial charge in [-0.25, -0.2) is 19.2 Å². The topological polar surface area (TPSA) is 128 Å². The Labute approximate surface area is 185 Å². The molecule has 1 aromatic carbocycles. The van der Waals surface area contributed by atoms with Crippen LogP contribution in [0.4, 0.5) is 4.39 Å². The minimum atomic E-state index is -1.49. The standard InChI is InChI=1S/C16H12ClFN4O3S.Na.H/c17-10-6-5-9(26-10)11-13(12(15(23)24)22-16(19)20)25-14(21-11)7-1-3-8(18)4-2-7;;/h1-6,12H,(H,23,24)(H4,19,20,22);;/q;+1;-1. The molecule has 1 unspecified atom stereocenters. The Morgan fingerprint density at radius 1 is 1.30 bits per heavy atom. The van der Waals surface area contributed by atoms with Crippen molar-refractivity contribution < 1.29 is 49.7 Å². The first-order valence-electron chi connectivity index (χ1n) is 7.19. The van der Waals surface area contributed by atoms with Gasteiger partial charge in [0, 0.05) is 5.56 Å². The van der Waals surface area contributed by atoms with Crippen molar-refractivity contribution in [2.45, 2.75) is 6.04 Å². The summed E-state index contributed by atoms with van der Waals surface area (Å²) >= 11 is 7.16. The number of halogens is 2. The molecule has 11 heteroatoms. The van der Waals surface area contributed by atoms with Gasteiger partial charge in [-0.1, -0.05) is 11.6 Å². The molecule has 27 heavy (non-hydrogen) atoms. The molecular formula is C16H13ClFN4NaO3S. The fourth-order valence-corrected chi connectivity index (χ4v) is 3.26. The van der Waals surface area contributed by atoms with E-state index in [1.807, 2.05) is 0 Å². The maximum Gasteiger partial charge on any atom is 1.00 e. The monoisotopic (exact) mass is 418 g/mol. The minimum Gasteiger partial charge on any atom is -1.00 e. The largest absolute Gasteiger partial charge is 1.00 e. The predicted molar refractivity (Wildman–Crippen MR) is 97.5 cm³/mol.